The summed E-state index contributed by atoms with van der Waals surface area (Å²) in [5.74, 6) is -0.176. The van der Waals surface area contributed by atoms with Crippen molar-refractivity contribution in [3.8, 4) is 11.1 Å². The van der Waals surface area contributed by atoms with Gasteiger partial charge in [0.15, 0.2) is 0 Å². The van der Waals surface area contributed by atoms with Gasteiger partial charge in [0, 0.05) is 24.4 Å². The lowest BCUT2D eigenvalue weighted by Crippen LogP contribution is -2.13. The molecule has 4 rings (SSSR count). The lowest BCUT2D eigenvalue weighted by atomic mass is 9.98. The summed E-state index contributed by atoms with van der Waals surface area (Å²) in [5, 5.41) is 16.9. The molecule has 2 aromatic heterocycles. The van der Waals surface area contributed by atoms with E-state index < -0.39 is 0 Å². The number of nitrogens with zero attached hydrogens (tertiary/aromatic N) is 4. The molecule has 4 aromatic rings. The Morgan fingerprint density at radius 1 is 1.07 bits per heavy atom. The van der Waals surface area contributed by atoms with Crippen LogP contribution in [-0.2, 0) is 13.0 Å². The van der Waals surface area contributed by atoms with Gasteiger partial charge < -0.3 is 0 Å². The van der Waals surface area contributed by atoms with Crippen LogP contribution in [0.3, 0.4) is 0 Å². The molecule has 152 valence electrons. The molecule has 0 saturated heterocycles. The Balaban J connectivity index is 1.50. The number of aromatic nitrogens is 4. The highest BCUT2D eigenvalue weighted by atomic mass is 32.1. The fraction of sp³-hybridized carbons (Fsp3) is 0.217. The van der Waals surface area contributed by atoms with Gasteiger partial charge in [-0.25, -0.2) is 0 Å². The molecule has 1 N–H and O–H groups in total. The third-order valence-corrected chi connectivity index (χ3v) is 5.67. The quantitative estimate of drug-likeness (QED) is 0.436. The van der Waals surface area contributed by atoms with Gasteiger partial charge >= 0.3 is 0 Å². The molecule has 0 radical (unpaired) electrons. The number of amides is 1. The summed E-state index contributed by atoms with van der Waals surface area (Å²) in [6, 6.07) is 17.7. The van der Waals surface area contributed by atoms with Crippen molar-refractivity contribution in [1.82, 2.24) is 20.0 Å². The smallest absolute Gasteiger partial charge is 0.258 e. The van der Waals surface area contributed by atoms with Crippen molar-refractivity contribution >= 4 is 22.4 Å². The van der Waals surface area contributed by atoms with E-state index in [1.807, 2.05) is 53.3 Å². The van der Waals surface area contributed by atoms with Gasteiger partial charge in [0.05, 0.1) is 6.54 Å². The number of rotatable bonds is 8. The zero-order valence-electron chi connectivity index (χ0n) is 16.8. The first kappa shape index (κ1) is 20.0. The largest absolute Gasteiger partial charge is 0.296 e. The minimum absolute atomic E-state index is 0.176. The number of carbonyl (C=O) groups is 1. The van der Waals surface area contributed by atoms with Gasteiger partial charge in [-0.15, -0.1) is 10.2 Å². The standard InChI is InChI=1S/C23H23N5OS/c1-2-3-9-21-26-27-23(30-21)25-22(29)20-8-5-4-7-19(20)18-12-10-17(11-13-18)16-28-15-6-14-24-28/h4-8,10-15H,2-3,9,16H2,1H3,(H,25,27,29). The SMILES string of the molecule is CCCCc1nnc(NC(=O)c2ccccc2-c2ccc(Cn3cccn3)cc2)s1. The van der Waals surface area contributed by atoms with E-state index in [4.69, 9.17) is 0 Å². The van der Waals surface area contributed by atoms with Crippen molar-refractivity contribution in [3.05, 3.63) is 83.1 Å². The number of anilines is 1. The van der Waals surface area contributed by atoms with Crippen LogP contribution >= 0.6 is 11.3 Å². The number of unbranched alkanes of at least 4 members (excludes halogenated alkanes) is 1. The van der Waals surface area contributed by atoms with Gasteiger partial charge in [-0.1, -0.05) is 67.1 Å². The Labute approximate surface area is 179 Å². The molecular formula is C23H23N5OS. The number of aryl methyl sites for hydroxylation is 1. The van der Waals surface area contributed by atoms with E-state index in [9.17, 15) is 4.79 Å². The molecule has 0 aliphatic rings. The lowest BCUT2D eigenvalue weighted by molar-refractivity contribution is 0.102. The molecule has 1 amide bonds. The van der Waals surface area contributed by atoms with Crippen molar-refractivity contribution < 1.29 is 4.79 Å². The minimum Gasteiger partial charge on any atom is -0.296 e. The summed E-state index contributed by atoms with van der Waals surface area (Å²) >= 11 is 1.44. The Morgan fingerprint density at radius 2 is 1.90 bits per heavy atom. The summed E-state index contributed by atoms with van der Waals surface area (Å²) in [6.07, 6.45) is 6.78. The fourth-order valence-corrected chi connectivity index (χ4v) is 3.98. The molecule has 0 fully saturated rings. The highest BCUT2D eigenvalue weighted by Gasteiger charge is 2.15. The van der Waals surface area contributed by atoms with E-state index in [2.05, 4.69) is 39.7 Å². The normalized spacial score (nSPS) is 10.8. The zero-order valence-corrected chi connectivity index (χ0v) is 17.6. The maximum atomic E-state index is 12.9. The van der Waals surface area contributed by atoms with Gasteiger partial charge in [0.1, 0.15) is 5.01 Å². The Hall–Kier alpha value is -3.32. The predicted molar refractivity (Wildman–Crippen MR) is 120 cm³/mol. The summed E-state index contributed by atoms with van der Waals surface area (Å²) in [6.45, 7) is 2.86. The zero-order chi connectivity index (χ0) is 20.8. The summed E-state index contributed by atoms with van der Waals surface area (Å²) in [7, 11) is 0. The van der Waals surface area contributed by atoms with Gasteiger partial charge in [-0.05, 0) is 35.2 Å². The lowest BCUT2D eigenvalue weighted by Gasteiger charge is -2.10. The van der Waals surface area contributed by atoms with Gasteiger partial charge in [-0.3, -0.25) is 14.8 Å². The molecule has 0 spiro atoms. The third-order valence-electron chi connectivity index (χ3n) is 4.77. The van der Waals surface area contributed by atoms with E-state index in [-0.39, 0.29) is 5.91 Å². The summed E-state index contributed by atoms with van der Waals surface area (Å²) < 4.78 is 1.88. The van der Waals surface area contributed by atoms with E-state index in [1.165, 1.54) is 11.3 Å². The van der Waals surface area contributed by atoms with Crippen molar-refractivity contribution in [2.45, 2.75) is 32.7 Å². The van der Waals surface area contributed by atoms with Crippen LogP contribution in [0, 0.1) is 0 Å². The minimum atomic E-state index is -0.176. The van der Waals surface area contributed by atoms with Gasteiger partial charge in [0.25, 0.3) is 5.91 Å². The van der Waals surface area contributed by atoms with Crippen LogP contribution in [0.4, 0.5) is 5.13 Å². The Kier molecular flexibility index (Phi) is 6.29. The monoisotopic (exact) mass is 417 g/mol. The van der Waals surface area contributed by atoms with E-state index in [0.29, 0.717) is 17.2 Å². The first-order valence-electron chi connectivity index (χ1n) is 10.0. The Bertz CT molecular complexity index is 1100. The molecule has 0 atom stereocenters. The van der Waals surface area contributed by atoms with Crippen LogP contribution in [0.25, 0.3) is 11.1 Å². The van der Waals surface area contributed by atoms with Crippen molar-refractivity contribution in [1.29, 1.82) is 0 Å². The average molecular weight is 418 g/mol. The fourth-order valence-electron chi connectivity index (χ4n) is 3.20. The van der Waals surface area contributed by atoms with E-state index in [0.717, 1.165) is 41.0 Å². The molecule has 0 aliphatic carbocycles. The van der Waals surface area contributed by atoms with Gasteiger partial charge in [-0.2, -0.15) is 5.10 Å². The molecule has 2 heterocycles. The second-order valence-corrected chi connectivity index (χ2v) is 8.07. The molecule has 6 nitrogen and oxygen atoms in total. The molecule has 7 heteroatoms. The molecule has 30 heavy (non-hydrogen) atoms. The highest BCUT2D eigenvalue weighted by Crippen LogP contribution is 2.26. The number of hydrogen-bond donors (Lipinski definition) is 1. The summed E-state index contributed by atoms with van der Waals surface area (Å²) in [5.41, 5.74) is 3.64. The van der Waals surface area contributed by atoms with Crippen LogP contribution in [0.15, 0.2) is 67.0 Å². The molecule has 0 aliphatic heterocycles. The van der Waals surface area contributed by atoms with E-state index in [1.54, 1.807) is 6.20 Å². The van der Waals surface area contributed by atoms with Crippen molar-refractivity contribution in [2.24, 2.45) is 0 Å². The number of nitrogens with one attached hydrogen (secondary N) is 1. The topological polar surface area (TPSA) is 72.7 Å². The molecular weight excluding hydrogens is 394 g/mol. The predicted octanol–water partition coefficient (Wildman–Crippen LogP) is 5.04. The van der Waals surface area contributed by atoms with Crippen LogP contribution in [0.2, 0.25) is 0 Å². The molecule has 0 unspecified atom stereocenters. The Morgan fingerprint density at radius 3 is 2.67 bits per heavy atom. The van der Waals surface area contributed by atoms with E-state index >= 15 is 0 Å². The molecule has 2 aromatic carbocycles. The maximum absolute atomic E-state index is 12.9. The number of benzene rings is 2. The second kappa shape index (κ2) is 9.45. The molecule has 0 bridgehead atoms. The first-order valence-corrected chi connectivity index (χ1v) is 10.8. The van der Waals surface area contributed by atoms with Crippen LogP contribution in [0.1, 0.15) is 40.7 Å². The summed E-state index contributed by atoms with van der Waals surface area (Å²) in [4.78, 5) is 12.9. The van der Waals surface area contributed by atoms with Gasteiger partial charge in [0.2, 0.25) is 5.13 Å². The number of hydrogen-bond acceptors (Lipinski definition) is 5. The van der Waals surface area contributed by atoms with Crippen molar-refractivity contribution in [3.63, 3.8) is 0 Å². The highest BCUT2D eigenvalue weighted by molar-refractivity contribution is 7.15. The molecule has 0 saturated carbocycles. The third kappa shape index (κ3) is 4.80. The second-order valence-electron chi connectivity index (χ2n) is 7.00. The first-order chi connectivity index (χ1) is 14.7. The average Bonchev–Trinajstić information content (AvgIpc) is 3.45. The van der Waals surface area contributed by atoms with Crippen LogP contribution in [-0.4, -0.2) is 25.9 Å². The van der Waals surface area contributed by atoms with Crippen LogP contribution < -0.4 is 5.32 Å². The number of carbonyl (C=O) groups excluding carboxylic acids is 1. The van der Waals surface area contributed by atoms with Crippen LogP contribution in [0.5, 0.6) is 0 Å². The van der Waals surface area contributed by atoms with Crippen molar-refractivity contribution in [2.75, 3.05) is 5.32 Å². The maximum Gasteiger partial charge on any atom is 0.258 e.